The van der Waals surface area contributed by atoms with Crippen molar-refractivity contribution in [1.82, 2.24) is 4.90 Å². The highest BCUT2D eigenvalue weighted by molar-refractivity contribution is 5.77. The summed E-state index contributed by atoms with van der Waals surface area (Å²) in [6.45, 7) is 3.11. The van der Waals surface area contributed by atoms with Crippen molar-refractivity contribution in [2.24, 2.45) is 11.5 Å². The summed E-state index contributed by atoms with van der Waals surface area (Å²) < 4.78 is 10.8. The summed E-state index contributed by atoms with van der Waals surface area (Å²) in [4.78, 5) is 13.8. The van der Waals surface area contributed by atoms with E-state index in [0.29, 0.717) is 38.6 Å². The number of carbonyl (C=O) groups is 1. The Labute approximate surface area is 137 Å². The molecule has 0 saturated carbocycles. The number of carbonyl (C=O) groups excluding carboxylic acids is 1. The molecule has 0 unspecified atom stereocenters. The normalized spacial score (nSPS) is 16.2. The van der Waals surface area contributed by atoms with Gasteiger partial charge >= 0.3 is 0 Å². The molecule has 1 fully saturated rings. The van der Waals surface area contributed by atoms with Crippen LogP contribution in [0.25, 0.3) is 0 Å². The predicted octanol–water partition coefficient (Wildman–Crippen LogP) is 0.533. The summed E-state index contributed by atoms with van der Waals surface area (Å²) in [7, 11) is 0. The number of nitrogens with zero attached hydrogens (tertiary/aromatic N) is 1. The quantitative estimate of drug-likeness (QED) is 0.729. The van der Waals surface area contributed by atoms with Crippen molar-refractivity contribution in [3.05, 3.63) is 29.8 Å². The topological polar surface area (TPSA) is 90.8 Å². The number of ether oxygens (including phenoxy) is 2. The van der Waals surface area contributed by atoms with E-state index in [1.807, 2.05) is 24.3 Å². The first-order valence-corrected chi connectivity index (χ1v) is 8.22. The fraction of sp³-hybridized carbons (Fsp3) is 0.588. The molecule has 1 heterocycles. The van der Waals surface area contributed by atoms with Crippen molar-refractivity contribution in [3.63, 3.8) is 0 Å². The van der Waals surface area contributed by atoms with Gasteiger partial charge in [0, 0.05) is 25.7 Å². The molecule has 128 valence electrons. The molecule has 2 rings (SSSR count). The van der Waals surface area contributed by atoms with Gasteiger partial charge in [-0.15, -0.1) is 0 Å². The molecular weight excluding hydrogens is 294 g/mol. The van der Waals surface area contributed by atoms with E-state index in [1.165, 1.54) is 5.56 Å². The van der Waals surface area contributed by atoms with Crippen molar-refractivity contribution in [2.45, 2.75) is 25.3 Å². The molecule has 0 bridgehead atoms. The van der Waals surface area contributed by atoms with Gasteiger partial charge in [0.1, 0.15) is 5.75 Å². The van der Waals surface area contributed by atoms with Crippen LogP contribution in [0.4, 0.5) is 0 Å². The van der Waals surface area contributed by atoms with Crippen LogP contribution in [0.2, 0.25) is 0 Å². The highest BCUT2D eigenvalue weighted by Gasteiger charge is 2.17. The first-order valence-electron chi connectivity index (χ1n) is 8.22. The van der Waals surface area contributed by atoms with Crippen LogP contribution < -0.4 is 16.2 Å². The predicted molar refractivity (Wildman–Crippen MR) is 89.3 cm³/mol. The third kappa shape index (κ3) is 6.17. The smallest absolute Gasteiger partial charge is 0.260 e. The number of hydrogen-bond acceptors (Lipinski definition) is 5. The molecule has 1 saturated heterocycles. The van der Waals surface area contributed by atoms with E-state index in [9.17, 15) is 4.79 Å². The van der Waals surface area contributed by atoms with Crippen molar-refractivity contribution >= 4 is 5.91 Å². The van der Waals surface area contributed by atoms with Gasteiger partial charge in [-0.3, -0.25) is 4.79 Å². The number of amides is 1. The van der Waals surface area contributed by atoms with Crippen LogP contribution in [0.15, 0.2) is 24.3 Å². The van der Waals surface area contributed by atoms with Crippen LogP contribution in [-0.2, 0) is 16.0 Å². The molecule has 4 N–H and O–H groups in total. The van der Waals surface area contributed by atoms with Crippen LogP contribution in [-0.4, -0.2) is 56.3 Å². The fourth-order valence-electron chi connectivity index (χ4n) is 2.49. The molecular formula is C17H27N3O3. The molecule has 0 radical (unpaired) electrons. The maximum absolute atomic E-state index is 12.0. The van der Waals surface area contributed by atoms with Gasteiger partial charge in [0.15, 0.2) is 6.61 Å². The number of hydrogen-bond donors (Lipinski definition) is 2. The van der Waals surface area contributed by atoms with Crippen LogP contribution >= 0.6 is 0 Å². The Hall–Kier alpha value is -1.63. The van der Waals surface area contributed by atoms with Crippen LogP contribution in [0.5, 0.6) is 5.75 Å². The molecule has 1 aromatic carbocycles. The maximum atomic E-state index is 12.0. The summed E-state index contributed by atoms with van der Waals surface area (Å²) in [6.07, 6.45) is 2.93. The van der Waals surface area contributed by atoms with E-state index in [1.54, 1.807) is 4.90 Å². The molecule has 1 aromatic rings. The molecule has 0 aromatic heterocycles. The lowest BCUT2D eigenvalue weighted by Gasteiger charge is -2.26. The molecule has 1 amide bonds. The minimum atomic E-state index is 0.00755. The number of benzene rings is 1. The third-order valence-electron chi connectivity index (χ3n) is 3.99. The monoisotopic (exact) mass is 321 g/mol. The summed E-state index contributed by atoms with van der Waals surface area (Å²) in [6, 6.07) is 7.96. The largest absolute Gasteiger partial charge is 0.484 e. The number of morpholine rings is 1. The molecule has 1 aliphatic heterocycles. The summed E-state index contributed by atoms with van der Waals surface area (Å²) in [5.74, 6) is 0.724. The lowest BCUT2D eigenvalue weighted by molar-refractivity contribution is -0.137. The van der Waals surface area contributed by atoms with Crippen molar-refractivity contribution in [3.8, 4) is 5.75 Å². The summed E-state index contributed by atoms with van der Waals surface area (Å²) in [5, 5.41) is 0. The van der Waals surface area contributed by atoms with E-state index in [0.717, 1.165) is 19.3 Å². The summed E-state index contributed by atoms with van der Waals surface area (Å²) in [5.41, 5.74) is 12.5. The third-order valence-corrected chi connectivity index (χ3v) is 3.99. The van der Waals surface area contributed by atoms with Gasteiger partial charge in [0.05, 0.1) is 13.2 Å². The van der Waals surface area contributed by atoms with Gasteiger partial charge in [0.25, 0.3) is 5.91 Å². The molecule has 0 aliphatic carbocycles. The van der Waals surface area contributed by atoms with Crippen molar-refractivity contribution in [1.29, 1.82) is 0 Å². The Morgan fingerprint density at radius 1 is 1.26 bits per heavy atom. The molecule has 1 aliphatic rings. The minimum absolute atomic E-state index is 0.00755. The Kier molecular flexibility index (Phi) is 7.32. The highest BCUT2D eigenvalue weighted by Crippen LogP contribution is 2.14. The van der Waals surface area contributed by atoms with E-state index >= 15 is 0 Å². The van der Waals surface area contributed by atoms with Crippen LogP contribution in [0.3, 0.4) is 0 Å². The second-order valence-corrected chi connectivity index (χ2v) is 5.81. The Morgan fingerprint density at radius 2 is 1.96 bits per heavy atom. The van der Waals surface area contributed by atoms with Gasteiger partial charge < -0.3 is 25.8 Å². The zero-order chi connectivity index (χ0) is 16.5. The average Bonchev–Trinajstić information content (AvgIpc) is 2.61. The second kappa shape index (κ2) is 9.50. The SMILES string of the molecule is NC[C@H](N)CCCc1ccc(OCC(=O)N2CCOCC2)cc1. The lowest BCUT2D eigenvalue weighted by atomic mass is 10.1. The Bertz CT molecular complexity index is 472. The fourth-order valence-corrected chi connectivity index (χ4v) is 2.49. The van der Waals surface area contributed by atoms with Gasteiger partial charge in [-0.25, -0.2) is 0 Å². The molecule has 1 atom stereocenters. The minimum Gasteiger partial charge on any atom is -0.484 e. The van der Waals surface area contributed by atoms with Gasteiger partial charge in [0.2, 0.25) is 0 Å². The number of nitrogens with two attached hydrogens (primary N) is 2. The van der Waals surface area contributed by atoms with E-state index in [-0.39, 0.29) is 18.6 Å². The molecule has 6 heteroatoms. The van der Waals surface area contributed by atoms with E-state index in [4.69, 9.17) is 20.9 Å². The van der Waals surface area contributed by atoms with Crippen molar-refractivity contribution < 1.29 is 14.3 Å². The second-order valence-electron chi connectivity index (χ2n) is 5.81. The van der Waals surface area contributed by atoms with Crippen molar-refractivity contribution in [2.75, 3.05) is 39.5 Å². The van der Waals surface area contributed by atoms with E-state index < -0.39 is 0 Å². The molecule has 0 spiro atoms. The Balaban J connectivity index is 1.70. The first kappa shape index (κ1) is 17.7. The standard InChI is InChI=1S/C17H27N3O3/c18-12-15(19)3-1-2-14-4-6-16(7-5-14)23-13-17(21)20-8-10-22-11-9-20/h4-7,15H,1-3,8-13,18-19H2/t15-/m1/s1. The number of aryl methyl sites for hydroxylation is 1. The zero-order valence-electron chi connectivity index (χ0n) is 13.6. The van der Waals surface area contributed by atoms with Gasteiger partial charge in [-0.05, 0) is 37.0 Å². The van der Waals surface area contributed by atoms with Crippen LogP contribution in [0, 0.1) is 0 Å². The average molecular weight is 321 g/mol. The highest BCUT2D eigenvalue weighted by atomic mass is 16.5. The zero-order valence-corrected chi connectivity index (χ0v) is 13.6. The van der Waals surface area contributed by atoms with Crippen LogP contribution in [0.1, 0.15) is 18.4 Å². The summed E-state index contributed by atoms with van der Waals surface area (Å²) >= 11 is 0. The molecule has 23 heavy (non-hydrogen) atoms. The lowest BCUT2D eigenvalue weighted by Crippen LogP contribution is -2.42. The maximum Gasteiger partial charge on any atom is 0.260 e. The number of rotatable bonds is 8. The van der Waals surface area contributed by atoms with Gasteiger partial charge in [-0.1, -0.05) is 12.1 Å². The Morgan fingerprint density at radius 3 is 2.61 bits per heavy atom. The molecule has 6 nitrogen and oxygen atoms in total. The van der Waals surface area contributed by atoms with Gasteiger partial charge in [-0.2, -0.15) is 0 Å². The van der Waals surface area contributed by atoms with E-state index in [2.05, 4.69) is 0 Å². The first-order chi connectivity index (χ1) is 11.2.